The molecule has 0 saturated carbocycles. The monoisotopic (exact) mass is 300 g/mol. The highest BCUT2D eigenvalue weighted by molar-refractivity contribution is 5.71. The van der Waals surface area contributed by atoms with E-state index in [-0.39, 0.29) is 13.0 Å². The first-order chi connectivity index (χ1) is 10.5. The van der Waals surface area contributed by atoms with E-state index in [0.29, 0.717) is 6.42 Å². The number of anilines is 1. The lowest BCUT2D eigenvalue weighted by molar-refractivity contribution is -0.136. The van der Waals surface area contributed by atoms with Crippen molar-refractivity contribution in [1.29, 1.82) is 0 Å². The van der Waals surface area contributed by atoms with E-state index in [0.717, 1.165) is 28.1 Å². The minimum atomic E-state index is -0.837. The van der Waals surface area contributed by atoms with E-state index in [4.69, 9.17) is 5.11 Å². The van der Waals surface area contributed by atoms with Crippen LogP contribution in [0.15, 0.2) is 36.5 Å². The summed E-state index contributed by atoms with van der Waals surface area (Å²) in [7, 11) is 3.88. The number of carboxylic acids is 1. The molecule has 22 heavy (non-hydrogen) atoms. The smallest absolute Gasteiger partial charge is 0.303 e. The molecule has 0 aliphatic rings. The van der Waals surface area contributed by atoms with Gasteiger partial charge in [-0.25, -0.2) is 0 Å². The van der Waals surface area contributed by atoms with E-state index in [9.17, 15) is 9.90 Å². The topological polar surface area (TPSA) is 73.7 Å². The normalized spacial score (nSPS) is 10.5. The molecule has 0 fully saturated rings. The zero-order valence-electron chi connectivity index (χ0n) is 12.8. The second-order valence-corrected chi connectivity index (χ2v) is 5.30. The van der Waals surface area contributed by atoms with Gasteiger partial charge in [0, 0.05) is 26.1 Å². The highest BCUT2D eigenvalue weighted by Crippen LogP contribution is 2.28. The molecule has 2 N–H and O–H groups in total. The van der Waals surface area contributed by atoms with Crippen molar-refractivity contribution in [3.8, 4) is 11.3 Å². The van der Waals surface area contributed by atoms with Gasteiger partial charge in [0.05, 0.1) is 24.2 Å². The summed E-state index contributed by atoms with van der Waals surface area (Å²) in [5, 5.41) is 18.5. The van der Waals surface area contributed by atoms with Crippen LogP contribution in [0, 0.1) is 0 Å². The molecular weight excluding hydrogens is 280 g/mol. The lowest BCUT2D eigenvalue weighted by atomic mass is 9.95. The summed E-state index contributed by atoms with van der Waals surface area (Å²) in [4.78, 5) is 17.2. The van der Waals surface area contributed by atoms with Gasteiger partial charge in [-0.2, -0.15) is 0 Å². The first-order valence-electron chi connectivity index (χ1n) is 7.10. The van der Waals surface area contributed by atoms with Gasteiger partial charge in [-0.15, -0.1) is 0 Å². The molecule has 1 aromatic heterocycles. The van der Waals surface area contributed by atoms with Gasteiger partial charge in [0.15, 0.2) is 0 Å². The number of hydrogen-bond acceptors (Lipinski definition) is 4. The number of pyridine rings is 1. The predicted molar refractivity (Wildman–Crippen MR) is 85.9 cm³/mol. The molecule has 116 valence electrons. The molecule has 0 unspecified atom stereocenters. The maximum atomic E-state index is 10.8. The third kappa shape index (κ3) is 3.62. The molecule has 2 aromatic rings. The van der Waals surface area contributed by atoms with Gasteiger partial charge in [0.1, 0.15) is 0 Å². The molecule has 0 amide bonds. The van der Waals surface area contributed by atoms with Gasteiger partial charge in [-0.3, -0.25) is 9.78 Å². The lowest BCUT2D eigenvalue weighted by Crippen LogP contribution is -2.09. The quantitative estimate of drug-likeness (QED) is 0.856. The summed E-state index contributed by atoms with van der Waals surface area (Å²) < 4.78 is 0. The molecule has 1 heterocycles. The number of carbonyl (C=O) groups is 1. The SMILES string of the molecule is CN(C)c1ccc(-c2c(CO)cccc2CCC(=O)O)nc1. The maximum Gasteiger partial charge on any atom is 0.303 e. The summed E-state index contributed by atoms with van der Waals surface area (Å²) in [5.41, 5.74) is 4.21. The Labute approximate surface area is 129 Å². The van der Waals surface area contributed by atoms with Crippen LogP contribution in [0.5, 0.6) is 0 Å². The number of aliphatic carboxylic acids is 1. The van der Waals surface area contributed by atoms with Crippen molar-refractivity contribution in [2.45, 2.75) is 19.4 Å². The summed E-state index contributed by atoms with van der Waals surface area (Å²) in [5.74, 6) is -0.837. The zero-order valence-corrected chi connectivity index (χ0v) is 12.8. The van der Waals surface area contributed by atoms with E-state index in [2.05, 4.69) is 4.98 Å². The fourth-order valence-electron chi connectivity index (χ4n) is 2.36. The number of benzene rings is 1. The van der Waals surface area contributed by atoms with Crippen molar-refractivity contribution in [2.24, 2.45) is 0 Å². The van der Waals surface area contributed by atoms with Gasteiger partial charge in [-0.05, 0) is 29.7 Å². The van der Waals surface area contributed by atoms with Crippen LogP contribution in [0.4, 0.5) is 5.69 Å². The van der Waals surface area contributed by atoms with Crippen molar-refractivity contribution in [1.82, 2.24) is 4.98 Å². The average Bonchev–Trinajstić information content (AvgIpc) is 2.52. The van der Waals surface area contributed by atoms with Crippen LogP contribution < -0.4 is 4.90 Å². The Kier molecular flexibility index (Phi) is 5.12. The summed E-state index contributed by atoms with van der Waals surface area (Å²) in [6.45, 7) is -0.104. The number of aliphatic hydroxyl groups excluding tert-OH is 1. The summed E-state index contributed by atoms with van der Waals surface area (Å²) in [6.07, 6.45) is 2.23. The Balaban J connectivity index is 2.44. The van der Waals surface area contributed by atoms with Crippen molar-refractivity contribution >= 4 is 11.7 Å². The molecule has 0 saturated heterocycles. The minimum absolute atomic E-state index is 0.0532. The first kappa shape index (κ1) is 16.0. The van der Waals surface area contributed by atoms with Crippen LogP contribution in [0.2, 0.25) is 0 Å². The van der Waals surface area contributed by atoms with Crippen molar-refractivity contribution in [2.75, 3.05) is 19.0 Å². The van der Waals surface area contributed by atoms with Crippen LogP contribution in [0.1, 0.15) is 17.5 Å². The predicted octanol–water partition coefficient (Wildman–Crippen LogP) is 2.32. The van der Waals surface area contributed by atoms with Crippen LogP contribution in [-0.2, 0) is 17.8 Å². The molecule has 0 aliphatic heterocycles. The number of rotatable bonds is 6. The Bertz CT molecular complexity index is 651. The van der Waals surface area contributed by atoms with Crippen molar-refractivity contribution in [3.63, 3.8) is 0 Å². The third-order valence-corrected chi connectivity index (χ3v) is 3.54. The van der Waals surface area contributed by atoms with Crippen LogP contribution in [0.25, 0.3) is 11.3 Å². The number of nitrogens with zero attached hydrogens (tertiary/aromatic N) is 2. The number of aryl methyl sites for hydroxylation is 1. The molecule has 0 atom stereocenters. The maximum absolute atomic E-state index is 10.8. The fraction of sp³-hybridized carbons (Fsp3) is 0.294. The highest BCUT2D eigenvalue weighted by Gasteiger charge is 2.13. The van der Waals surface area contributed by atoms with Gasteiger partial charge < -0.3 is 15.1 Å². The van der Waals surface area contributed by atoms with E-state index in [1.807, 2.05) is 49.3 Å². The Morgan fingerprint density at radius 3 is 2.45 bits per heavy atom. The molecule has 0 aliphatic carbocycles. The fourth-order valence-corrected chi connectivity index (χ4v) is 2.36. The van der Waals surface area contributed by atoms with Crippen LogP contribution >= 0.6 is 0 Å². The second kappa shape index (κ2) is 7.04. The van der Waals surface area contributed by atoms with E-state index >= 15 is 0 Å². The third-order valence-electron chi connectivity index (χ3n) is 3.54. The number of aromatic nitrogens is 1. The Morgan fingerprint density at radius 2 is 1.91 bits per heavy atom. The van der Waals surface area contributed by atoms with Crippen LogP contribution in [0.3, 0.4) is 0 Å². The zero-order chi connectivity index (χ0) is 16.1. The first-order valence-corrected chi connectivity index (χ1v) is 7.10. The van der Waals surface area contributed by atoms with E-state index in [1.165, 1.54) is 0 Å². The number of hydrogen-bond donors (Lipinski definition) is 2. The standard InChI is InChI=1S/C17H20N2O3/c1-19(2)14-7-8-15(18-10-14)17-12(6-9-16(21)22)4-3-5-13(17)11-20/h3-5,7-8,10,20H,6,9,11H2,1-2H3,(H,21,22). The lowest BCUT2D eigenvalue weighted by Gasteiger charge is -2.15. The van der Waals surface area contributed by atoms with Gasteiger partial charge in [0.2, 0.25) is 0 Å². The summed E-state index contributed by atoms with van der Waals surface area (Å²) in [6, 6.07) is 9.41. The van der Waals surface area contributed by atoms with Gasteiger partial charge in [-0.1, -0.05) is 18.2 Å². The second-order valence-electron chi connectivity index (χ2n) is 5.30. The molecule has 2 rings (SSSR count). The molecule has 0 bridgehead atoms. The highest BCUT2D eigenvalue weighted by atomic mass is 16.4. The summed E-state index contributed by atoms with van der Waals surface area (Å²) >= 11 is 0. The Morgan fingerprint density at radius 1 is 1.18 bits per heavy atom. The molecule has 0 radical (unpaired) electrons. The average molecular weight is 300 g/mol. The molecule has 5 heteroatoms. The molecular formula is C17H20N2O3. The molecule has 5 nitrogen and oxygen atoms in total. The van der Waals surface area contributed by atoms with Crippen molar-refractivity contribution in [3.05, 3.63) is 47.7 Å². The minimum Gasteiger partial charge on any atom is -0.481 e. The Hall–Kier alpha value is -2.40. The van der Waals surface area contributed by atoms with Crippen LogP contribution in [-0.4, -0.2) is 35.3 Å². The number of carboxylic acid groups (broad SMARTS) is 1. The largest absolute Gasteiger partial charge is 0.481 e. The molecule has 1 aromatic carbocycles. The number of aliphatic hydroxyl groups is 1. The van der Waals surface area contributed by atoms with Crippen molar-refractivity contribution < 1.29 is 15.0 Å². The van der Waals surface area contributed by atoms with E-state index in [1.54, 1.807) is 6.20 Å². The van der Waals surface area contributed by atoms with E-state index < -0.39 is 5.97 Å². The molecule has 0 spiro atoms. The van der Waals surface area contributed by atoms with Gasteiger partial charge >= 0.3 is 5.97 Å². The van der Waals surface area contributed by atoms with Gasteiger partial charge in [0.25, 0.3) is 0 Å².